The van der Waals surface area contributed by atoms with E-state index in [1.54, 1.807) is 0 Å². The number of hydrogen-bond acceptors (Lipinski definition) is 2. The van der Waals surface area contributed by atoms with Crippen LogP contribution in [0, 0.1) is 0 Å². The lowest BCUT2D eigenvalue weighted by Gasteiger charge is -2.17. The van der Waals surface area contributed by atoms with Crippen molar-refractivity contribution >= 4 is 87.0 Å². The monoisotopic (exact) mass is 762 g/mol. The summed E-state index contributed by atoms with van der Waals surface area (Å²) in [5, 5.41) is 12.2. The van der Waals surface area contributed by atoms with Crippen molar-refractivity contribution < 1.29 is 0 Å². The molecule has 13 aromatic rings. The molecule has 4 heteroatoms. The molecule has 0 saturated carbocycles. The summed E-state index contributed by atoms with van der Waals surface area (Å²) in [5.41, 5.74) is 12.4. The van der Waals surface area contributed by atoms with Crippen molar-refractivity contribution in [3.05, 3.63) is 206 Å². The molecule has 0 aliphatic rings. The first-order chi connectivity index (χ1) is 29.8. The highest BCUT2D eigenvalue weighted by Gasteiger charge is 2.22. The third-order valence-corrected chi connectivity index (χ3v) is 12.5. The minimum Gasteiger partial charge on any atom is -0.309 e. The summed E-state index contributed by atoms with van der Waals surface area (Å²) in [6.45, 7) is 0. The normalized spacial score (nSPS) is 12.0. The van der Waals surface area contributed by atoms with Gasteiger partial charge < -0.3 is 9.13 Å². The van der Waals surface area contributed by atoms with Gasteiger partial charge in [0.1, 0.15) is 0 Å². The topological polar surface area (TPSA) is 35.6 Å². The number of benzene rings is 10. The molecular formula is C56H34N4. The zero-order valence-corrected chi connectivity index (χ0v) is 32.4. The van der Waals surface area contributed by atoms with E-state index >= 15 is 0 Å². The van der Waals surface area contributed by atoms with Crippen molar-refractivity contribution in [2.75, 3.05) is 0 Å². The summed E-state index contributed by atoms with van der Waals surface area (Å²) in [6.07, 6.45) is 0. The molecule has 0 bridgehead atoms. The first-order valence-corrected chi connectivity index (χ1v) is 20.5. The Hall–Kier alpha value is -8.08. The van der Waals surface area contributed by atoms with E-state index in [9.17, 15) is 0 Å². The Morgan fingerprint density at radius 3 is 1.75 bits per heavy atom. The Labute approximate surface area is 344 Å². The van der Waals surface area contributed by atoms with Gasteiger partial charge in [0.2, 0.25) is 0 Å². The Kier molecular flexibility index (Phi) is 6.98. The van der Waals surface area contributed by atoms with Crippen molar-refractivity contribution in [2.45, 2.75) is 0 Å². The van der Waals surface area contributed by atoms with Crippen LogP contribution < -0.4 is 0 Å². The van der Waals surface area contributed by atoms with Gasteiger partial charge >= 0.3 is 0 Å². The molecule has 4 nitrogen and oxygen atoms in total. The van der Waals surface area contributed by atoms with Gasteiger partial charge in [0.05, 0.1) is 50.2 Å². The standard InChI is InChI=1S/C56H34N4/c1-2-17-39(18-3-1)59-49-25-13-10-22-43(49)44-28-26-38(34-52(44)59)55-56(58-48-24-12-11-23-47(48)57-55)45-29-31-50(42-21-9-8-20-41(42)45)60-51-30-27-35-14-6-7-19-40(35)54(51)46-32-36-15-4-5-16-37(36)33-53(46)60/h1-34H. The first-order valence-electron chi connectivity index (χ1n) is 20.5. The van der Waals surface area contributed by atoms with E-state index in [2.05, 4.69) is 203 Å². The zero-order chi connectivity index (χ0) is 39.3. The molecule has 0 amide bonds. The van der Waals surface area contributed by atoms with Gasteiger partial charge in [-0.25, -0.2) is 9.97 Å². The molecular weight excluding hydrogens is 729 g/mol. The second-order valence-corrected chi connectivity index (χ2v) is 15.7. The average Bonchev–Trinajstić information content (AvgIpc) is 3.82. The predicted molar refractivity (Wildman–Crippen MR) is 252 cm³/mol. The molecule has 278 valence electrons. The van der Waals surface area contributed by atoms with Gasteiger partial charge in [0, 0.05) is 43.7 Å². The van der Waals surface area contributed by atoms with Gasteiger partial charge in [-0.3, -0.25) is 0 Å². The van der Waals surface area contributed by atoms with Crippen LogP contribution in [0.5, 0.6) is 0 Å². The summed E-state index contributed by atoms with van der Waals surface area (Å²) in [5.74, 6) is 0. The van der Waals surface area contributed by atoms with Crippen molar-refractivity contribution in [1.29, 1.82) is 0 Å². The summed E-state index contributed by atoms with van der Waals surface area (Å²) in [7, 11) is 0. The van der Waals surface area contributed by atoms with Crippen LogP contribution in [0.1, 0.15) is 0 Å². The molecule has 0 unspecified atom stereocenters. The highest BCUT2D eigenvalue weighted by atomic mass is 15.0. The third-order valence-electron chi connectivity index (χ3n) is 12.5. The maximum absolute atomic E-state index is 5.46. The van der Waals surface area contributed by atoms with E-state index in [1.165, 1.54) is 59.6 Å². The van der Waals surface area contributed by atoms with E-state index in [1.807, 2.05) is 12.1 Å². The van der Waals surface area contributed by atoms with Crippen LogP contribution in [0.25, 0.3) is 121 Å². The maximum Gasteiger partial charge on any atom is 0.0979 e. The quantitative estimate of drug-likeness (QED) is 0.179. The SMILES string of the molecule is c1ccc(-n2c3ccccc3c3ccc(-c4nc5ccccc5nc4-c4ccc(-n5c6cc7ccccc7cc6c6c7ccccc7ccc65)c5ccccc45)cc32)cc1. The molecule has 0 aliphatic carbocycles. The van der Waals surface area contributed by atoms with E-state index in [-0.39, 0.29) is 0 Å². The molecule has 10 aromatic carbocycles. The van der Waals surface area contributed by atoms with E-state index in [4.69, 9.17) is 9.97 Å². The lowest BCUT2D eigenvalue weighted by Crippen LogP contribution is -1.99. The molecule has 13 rings (SSSR count). The fourth-order valence-electron chi connectivity index (χ4n) is 9.78. The van der Waals surface area contributed by atoms with Crippen LogP contribution >= 0.6 is 0 Å². The summed E-state index contributed by atoms with van der Waals surface area (Å²) >= 11 is 0. The van der Waals surface area contributed by atoms with Crippen LogP contribution in [0.3, 0.4) is 0 Å². The Morgan fingerprint density at radius 1 is 0.317 bits per heavy atom. The highest BCUT2D eigenvalue weighted by molar-refractivity contribution is 6.24. The van der Waals surface area contributed by atoms with Gasteiger partial charge in [-0.05, 0) is 93.7 Å². The van der Waals surface area contributed by atoms with Crippen LogP contribution in [0.15, 0.2) is 206 Å². The van der Waals surface area contributed by atoms with Crippen molar-refractivity contribution in [1.82, 2.24) is 19.1 Å². The number of fused-ring (bicyclic) bond motifs is 11. The number of para-hydroxylation sites is 4. The smallest absolute Gasteiger partial charge is 0.0979 e. The lowest BCUT2D eigenvalue weighted by molar-refractivity contribution is 1.18. The minimum atomic E-state index is 0.855. The number of aromatic nitrogens is 4. The van der Waals surface area contributed by atoms with Gasteiger partial charge in [-0.2, -0.15) is 0 Å². The number of rotatable bonds is 4. The molecule has 0 N–H and O–H groups in total. The molecule has 3 aromatic heterocycles. The van der Waals surface area contributed by atoms with Crippen molar-refractivity contribution in [2.24, 2.45) is 0 Å². The molecule has 60 heavy (non-hydrogen) atoms. The Bertz CT molecular complexity index is 3890. The van der Waals surface area contributed by atoms with E-state index in [0.717, 1.165) is 61.2 Å². The predicted octanol–water partition coefficient (Wildman–Crippen LogP) is 14.6. The van der Waals surface area contributed by atoms with E-state index in [0.29, 0.717) is 0 Å². The Morgan fingerprint density at radius 2 is 0.933 bits per heavy atom. The maximum atomic E-state index is 5.46. The summed E-state index contributed by atoms with van der Waals surface area (Å²) in [4.78, 5) is 10.9. The number of hydrogen-bond donors (Lipinski definition) is 0. The summed E-state index contributed by atoms with van der Waals surface area (Å²) in [6, 6.07) is 74.3. The molecule has 0 saturated heterocycles. The molecule has 0 atom stereocenters. The van der Waals surface area contributed by atoms with Gasteiger partial charge in [-0.1, -0.05) is 140 Å². The zero-order valence-electron chi connectivity index (χ0n) is 32.4. The first kappa shape index (κ1) is 32.9. The molecule has 0 radical (unpaired) electrons. The Balaban J connectivity index is 1.09. The molecule has 0 fully saturated rings. The van der Waals surface area contributed by atoms with Crippen LogP contribution in [-0.2, 0) is 0 Å². The molecule has 3 heterocycles. The third kappa shape index (κ3) is 4.79. The largest absolute Gasteiger partial charge is 0.309 e. The minimum absolute atomic E-state index is 0.855. The van der Waals surface area contributed by atoms with Gasteiger partial charge in [0.15, 0.2) is 0 Å². The lowest BCUT2D eigenvalue weighted by atomic mass is 9.96. The second-order valence-electron chi connectivity index (χ2n) is 15.7. The van der Waals surface area contributed by atoms with Crippen LogP contribution in [-0.4, -0.2) is 19.1 Å². The second kappa shape index (κ2) is 12.7. The average molecular weight is 763 g/mol. The fourth-order valence-corrected chi connectivity index (χ4v) is 9.78. The van der Waals surface area contributed by atoms with Crippen molar-refractivity contribution in [3.8, 4) is 33.9 Å². The van der Waals surface area contributed by atoms with Gasteiger partial charge in [0.25, 0.3) is 0 Å². The van der Waals surface area contributed by atoms with Gasteiger partial charge in [-0.15, -0.1) is 0 Å². The van der Waals surface area contributed by atoms with Crippen molar-refractivity contribution in [3.63, 3.8) is 0 Å². The molecule has 0 spiro atoms. The fraction of sp³-hybridized carbons (Fsp3) is 0. The highest BCUT2D eigenvalue weighted by Crippen LogP contribution is 2.43. The molecule has 0 aliphatic heterocycles. The van der Waals surface area contributed by atoms with Crippen LogP contribution in [0.4, 0.5) is 0 Å². The number of nitrogens with zero attached hydrogens (tertiary/aromatic N) is 4. The van der Waals surface area contributed by atoms with E-state index < -0.39 is 0 Å². The summed E-state index contributed by atoms with van der Waals surface area (Å²) < 4.78 is 4.84. The van der Waals surface area contributed by atoms with Crippen LogP contribution in [0.2, 0.25) is 0 Å².